The molecule has 0 saturated heterocycles. The quantitative estimate of drug-likeness (QED) is 0.555. The second-order valence-electron chi connectivity index (χ2n) is 8.67. The molecule has 0 fully saturated rings. The molecule has 6 heteroatoms. The predicted octanol–water partition coefficient (Wildman–Crippen LogP) is 4.41. The van der Waals surface area contributed by atoms with E-state index in [4.69, 9.17) is 11.5 Å². The standard InChI is InChI=1S/C27H27N5O/c1-6-21-8-10-22(11-9-21)17-31-16-20(4)32-26(27(31)33)14-24(29-32)23-12-7-18(2)13-25(23)30(5)19(3)15-28/h1,7-14,19-20H,16-17H2,2-5H3. The minimum absolute atomic E-state index is 0.0414. The number of aromatic nitrogens is 2. The first-order chi connectivity index (χ1) is 15.8. The Bertz CT molecular complexity index is 1280. The molecule has 33 heavy (non-hydrogen) atoms. The van der Waals surface area contributed by atoms with Gasteiger partial charge in [0.1, 0.15) is 11.7 Å². The van der Waals surface area contributed by atoms with Crippen molar-refractivity contribution in [2.24, 2.45) is 0 Å². The summed E-state index contributed by atoms with van der Waals surface area (Å²) in [4.78, 5) is 17.1. The molecule has 1 amide bonds. The Morgan fingerprint density at radius 2 is 1.97 bits per heavy atom. The van der Waals surface area contributed by atoms with Gasteiger partial charge in [0.05, 0.1) is 17.8 Å². The van der Waals surface area contributed by atoms with Crippen LogP contribution in [0.5, 0.6) is 0 Å². The van der Waals surface area contributed by atoms with E-state index in [0.29, 0.717) is 18.8 Å². The minimum atomic E-state index is -0.292. The van der Waals surface area contributed by atoms with Crippen molar-refractivity contribution in [1.29, 1.82) is 5.26 Å². The zero-order valence-corrected chi connectivity index (χ0v) is 19.4. The molecule has 4 rings (SSSR count). The summed E-state index contributed by atoms with van der Waals surface area (Å²) in [5, 5.41) is 14.2. The van der Waals surface area contributed by atoms with Gasteiger partial charge in [0.15, 0.2) is 0 Å². The number of nitriles is 1. The summed E-state index contributed by atoms with van der Waals surface area (Å²) in [6.07, 6.45) is 5.45. The number of terminal acetylenes is 1. The molecular formula is C27H27N5O. The van der Waals surface area contributed by atoms with Crippen LogP contribution in [-0.2, 0) is 6.54 Å². The van der Waals surface area contributed by atoms with E-state index in [0.717, 1.165) is 33.6 Å². The van der Waals surface area contributed by atoms with Crippen LogP contribution in [0.2, 0.25) is 0 Å². The van der Waals surface area contributed by atoms with Crippen LogP contribution in [0.15, 0.2) is 48.5 Å². The van der Waals surface area contributed by atoms with Gasteiger partial charge < -0.3 is 9.80 Å². The normalized spacial score (nSPS) is 16.0. The van der Waals surface area contributed by atoms with Gasteiger partial charge >= 0.3 is 0 Å². The number of carbonyl (C=O) groups is 1. The molecular weight excluding hydrogens is 410 g/mol. The van der Waals surface area contributed by atoms with Crippen LogP contribution in [0, 0.1) is 30.6 Å². The van der Waals surface area contributed by atoms with E-state index in [1.807, 2.05) is 77.8 Å². The maximum absolute atomic E-state index is 13.3. The molecule has 1 aliphatic rings. The number of nitrogens with zero attached hydrogens (tertiary/aromatic N) is 5. The maximum atomic E-state index is 13.3. The van der Waals surface area contributed by atoms with Crippen molar-refractivity contribution in [2.75, 3.05) is 18.5 Å². The van der Waals surface area contributed by atoms with Crippen LogP contribution in [0.1, 0.15) is 47.1 Å². The third kappa shape index (κ3) is 4.21. The molecule has 1 aromatic heterocycles. The van der Waals surface area contributed by atoms with Gasteiger partial charge in [-0.15, -0.1) is 6.42 Å². The molecule has 0 saturated carbocycles. The van der Waals surface area contributed by atoms with E-state index in [2.05, 4.69) is 25.0 Å². The van der Waals surface area contributed by atoms with Crippen molar-refractivity contribution in [2.45, 2.75) is 39.4 Å². The van der Waals surface area contributed by atoms with Gasteiger partial charge in [-0.05, 0) is 56.2 Å². The van der Waals surface area contributed by atoms with Crippen molar-refractivity contribution in [3.8, 4) is 29.7 Å². The van der Waals surface area contributed by atoms with Crippen molar-refractivity contribution in [1.82, 2.24) is 14.7 Å². The van der Waals surface area contributed by atoms with Gasteiger partial charge in [0.2, 0.25) is 0 Å². The summed E-state index contributed by atoms with van der Waals surface area (Å²) < 4.78 is 1.83. The van der Waals surface area contributed by atoms with Gasteiger partial charge in [-0.25, -0.2) is 0 Å². The second kappa shape index (κ2) is 8.84. The summed E-state index contributed by atoms with van der Waals surface area (Å²) >= 11 is 0. The van der Waals surface area contributed by atoms with E-state index < -0.39 is 0 Å². The fourth-order valence-electron chi connectivity index (χ4n) is 4.17. The highest BCUT2D eigenvalue weighted by Gasteiger charge is 2.31. The third-order valence-corrected chi connectivity index (χ3v) is 6.22. The molecule has 0 aliphatic carbocycles. The predicted molar refractivity (Wildman–Crippen MR) is 130 cm³/mol. The van der Waals surface area contributed by atoms with Gasteiger partial charge in [-0.1, -0.05) is 30.2 Å². The number of fused-ring (bicyclic) bond motifs is 1. The third-order valence-electron chi connectivity index (χ3n) is 6.22. The lowest BCUT2D eigenvalue weighted by Gasteiger charge is -2.31. The van der Waals surface area contributed by atoms with E-state index >= 15 is 0 Å². The smallest absolute Gasteiger partial charge is 0.272 e. The first-order valence-electron chi connectivity index (χ1n) is 11.0. The molecule has 2 aromatic carbocycles. The first-order valence-corrected chi connectivity index (χ1v) is 11.0. The Morgan fingerprint density at radius 3 is 2.64 bits per heavy atom. The average molecular weight is 438 g/mol. The number of anilines is 1. The molecule has 0 radical (unpaired) electrons. The second-order valence-corrected chi connectivity index (χ2v) is 8.67. The Morgan fingerprint density at radius 1 is 1.24 bits per heavy atom. The first kappa shape index (κ1) is 22.2. The molecule has 2 atom stereocenters. The Kier molecular flexibility index (Phi) is 5.94. The maximum Gasteiger partial charge on any atom is 0.272 e. The van der Waals surface area contributed by atoms with Crippen molar-refractivity contribution in [3.05, 3.63) is 70.9 Å². The zero-order chi connectivity index (χ0) is 23.7. The highest BCUT2D eigenvalue weighted by atomic mass is 16.2. The molecule has 2 unspecified atom stereocenters. The Hall–Kier alpha value is -4.03. The van der Waals surface area contributed by atoms with Crippen molar-refractivity contribution < 1.29 is 4.79 Å². The lowest BCUT2D eigenvalue weighted by atomic mass is 10.0. The highest BCUT2D eigenvalue weighted by Crippen LogP contribution is 2.34. The lowest BCUT2D eigenvalue weighted by molar-refractivity contribution is 0.0651. The van der Waals surface area contributed by atoms with Crippen LogP contribution >= 0.6 is 0 Å². The number of benzene rings is 2. The molecule has 6 nitrogen and oxygen atoms in total. The van der Waals surface area contributed by atoms with Crippen molar-refractivity contribution in [3.63, 3.8) is 0 Å². The van der Waals surface area contributed by atoms with Gasteiger partial charge in [0.25, 0.3) is 5.91 Å². The van der Waals surface area contributed by atoms with E-state index in [-0.39, 0.29) is 18.0 Å². The highest BCUT2D eigenvalue weighted by molar-refractivity contribution is 5.95. The number of amides is 1. The van der Waals surface area contributed by atoms with Gasteiger partial charge in [0, 0.05) is 37.0 Å². The Labute approximate surface area is 195 Å². The monoisotopic (exact) mass is 437 g/mol. The fraction of sp³-hybridized carbons (Fsp3) is 0.296. The van der Waals surface area contributed by atoms with E-state index in [1.165, 1.54) is 0 Å². The van der Waals surface area contributed by atoms with E-state index in [1.54, 1.807) is 0 Å². The topological polar surface area (TPSA) is 65.2 Å². The Balaban J connectivity index is 1.67. The SMILES string of the molecule is C#Cc1ccc(CN2CC(C)n3nc(-c4ccc(C)cc4N(C)C(C)C#N)cc3C2=O)cc1. The molecule has 0 spiro atoms. The number of hydrogen-bond acceptors (Lipinski definition) is 4. The molecule has 1 aliphatic heterocycles. The summed E-state index contributed by atoms with van der Waals surface area (Å²) in [5.41, 5.74) is 6.10. The summed E-state index contributed by atoms with van der Waals surface area (Å²) in [6.45, 7) is 7.06. The van der Waals surface area contributed by atoms with Crippen LogP contribution in [-0.4, -0.2) is 40.2 Å². The van der Waals surface area contributed by atoms with Crippen LogP contribution in [0.4, 0.5) is 5.69 Å². The average Bonchev–Trinajstić information content (AvgIpc) is 3.28. The van der Waals surface area contributed by atoms with Crippen molar-refractivity contribution >= 4 is 11.6 Å². The van der Waals surface area contributed by atoms with Gasteiger partial charge in [-0.3, -0.25) is 9.48 Å². The summed E-state index contributed by atoms with van der Waals surface area (Å²) in [7, 11) is 1.91. The number of carbonyl (C=O) groups excluding carboxylic acids is 1. The van der Waals surface area contributed by atoms with Crippen LogP contribution in [0.3, 0.4) is 0 Å². The number of aryl methyl sites for hydroxylation is 1. The molecule has 0 N–H and O–H groups in total. The van der Waals surface area contributed by atoms with Crippen LogP contribution in [0.25, 0.3) is 11.3 Å². The summed E-state index contributed by atoms with van der Waals surface area (Å²) in [5.74, 6) is 2.58. The molecule has 0 bridgehead atoms. The fourth-order valence-corrected chi connectivity index (χ4v) is 4.17. The molecule has 166 valence electrons. The lowest BCUT2D eigenvalue weighted by Crippen LogP contribution is -2.41. The van der Waals surface area contributed by atoms with Gasteiger partial charge in [-0.2, -0.15) is 10.4 Å². The molecule has 3 aromatic rings. The largest absolute Gasteiger partial charge is 0.358 e. The van der Waals surface area contributed by atoms with E-state index in [9.17, 15) is 10.1 Å². The summed E-state index contributed by atoms with van der Waals surface area (Å²) in [6, 6.07) is 17.7. The molecule has 2 heterocycles. The number of rotatable bonds is 5. The minimum Gasteiger partial charge on any atom is -0.358 e. The number of hydrogen-bond donors (Lipinski definition) is 0. The zero-order valence-electron chi connectivity index (χ0n) is 19.4. The van der Waals surface area contributed by atoms with Crippen LogP contribution < -0.4 is 4.90 Å².